The van der Waals surface area contributed by atoms with Crippen molar-refractivity contribution in [3.8, 4) is 0 Å². The van der Waals surface area contributed by atoms with E-state index < -0.39 is 0 Å². The Labute approximate surface area is 135 Å². The van der Waals surface area contributed by atoms with E-state index in [-0.39, 0.29) is 12.6 Å². The van der Waals surface area contributed by atoms with Crippen LogP contribution >= 0.6 is 0 Å². The molecule has 1 aliphatic rings. The van der Waals surface area contributed by atoms with Crippen LogP contribution in [0.3, 0.4) is 0 Å². The van der Waals surface area contributed by atoms with Gasteiger partial charge in [0.1, 0.15) is 5.65 Å². The predicted molar refractivity (Wildman–Crippen MR) is 89.3 cm³/mol. The number of aromatic nitrogens is 3. The maximum Gasteiger partial charge on any atom is 0.141 e. The third-order valence-corrected chi connectivity index (χ3v) is 4.61. The Hall–Kier alpha value is -2.24. The summed E-state index contributed by atoms with van der Waals surface area (Å²) in [7, 11) is 0. The van der Waals surface area contributed by atoms with Gasteiger partial charge in [0, 0.05) is 49.2 Å². The first-order chi connectivity index (χ1) is 11.3. The van der Waals surface area contributed by atoms with Gasteiger partial charge in [0.25, 0.3) is 0 Å². The van der Waals surface area contributed by atoms with E-state index in [1.807, 2.05) is 18.3 Å². The van der Waals surface area contributed by atoms with Crippen LogP contribution in [0.5, 0.6) is 0 Å². The molecule has 1 atom stereocenters. The molecule has 3 aromatic heterocycles. The van der Waals surface area contributed by atoms with Gasteiger partial charge in [0.05, 0.1) is 12.6 Å². The lowest BCUT2D eigenvalue weighted by molar-refractivity contribution is 0.249. The van der Waals surface area contributed by atoms with Gasteiger partial charge < -0.3 is 15.0 Å². The number of rotatable bonds is 3. The Balaban J connectivity index is 1.98. The van der Waals surface area contributed by atoms with Crippen LogP contribution in [0.1, 0.15) is 28.4 Å². The summed E-state index contributed by atoms with van der Waals surface area (Å²) in [5.74, 6) is 0. The third-order valence-electron chi connectivity index (χ3n) is 4.61. The topological polar surface area (TPSA) is 63.0 Å². The molecule has 1 aliphatic heterocycles. The number of aliphatic hydroxyl groups is 1. The first-order valence-corrected chi connectivity index (χ1v) is 7.99. The fourth-order valence-corrected chi connectivity index (χ4v) is 3.55. The summed E-state index contributed by atoms with van der Waals surface area (Å²) in [6, 6.07) is 6.01. The minimum absolute atomic E-state index is 0.0449. The van der Waals surface area contributed by atoms with Gasteiger partial charge in [-0.3, -0.25) is 4.98 Å². The summed E-state index contributed by atoms with van der Waals surface area (Å²) in [5.41, 5.74) is 5.78. The van der Waals surface area contributed by atoms with Crippen LogP contribution in [0.4, 0.5) is 0 Å². The van der Waals surface area contributed by atoms with E-state index in [1.54, 1.807) is 12.4 Å². The molecule has 5 heteroatoms. The van der Waals surface area contributed by atoms with Crippen LogP contribution < -0.4 is 5.32 Å². The Bertz CT molecular complexity index is 841. The summed E-state index contributed by atoms with van der Waals surface area (Å²) < 4.78 is 2.22. The van der Waals surface area contributed by atoms with E-state index in [4.69, 9.17) is 0 Å². The van der Waals surface area contributed by atoms with Crippen LogP contribution in [0.15, 0.2) is 36.8 Å². The minimum Gasteiger partial charge on any atom is -0.394 e. The highest BCUT2D eigenvalue weighted by Gasteiger charge is 2.25. The number of aliphatic hydroxyl groups excluding tert-OH is 1. The molecule has 5 nitrogen and oxygen atoms in total. The fourth-order valence-electron chi connectivity index (χ4n) is 3.55. The zero-order valence-electron chi connectivity index (χ0n) is 13.2. The van der Waals surface area contributed by atoms with E-state index in [2.05, 4.69) is 32.8 Å². The molecule has 4 heterocycles. The van der Waals surface area contributed by atoms with Crippen LogP contribution in [0, 0.1) is 6.92 Å². The fraction of sp³-hybridized carbons (Fsp3) is 0.333. The molecule has 0 bridgehead atoms. The van der Waals surface area contributed by atoms with Gasteiger partial charge in [-0.15, -0.1) is 0 Å². The van der Waals surface area contributed by atoms with Crippen molar-refractivity contribution in [1.29, 1.82) is 0 Å². The summed E-state index contributed by atoms with van der Waals surface area (Å²) in [6.07, 6.45) is 6.40. The van der Waals surface area contributed by atoms with Gasteiger partial charge >= 0.3 is 0 Å². The molecule has 0 amide bonds. The van der Waals surface area contributed by atoms with Crippen molar-refractivity contribution in [2.45, 2.75) is 25.9 Å². The van der Waals surface area contributed by atoms with Crippen molar-refractivity contribution in [2.75, 3.05) is 13.2 Å². The maximum atomic E-state index is 10.1. The van der Waals surface area contributed by atoms with Crippen LogP contribution in [0.25, 0.3) is 11.0 Å². The van der Waals surface area contributed by atoms with Crippen molar-refractivity contribution in [3.05, 3.63) is 59.2 Å². The van der Waals surface area contributed by atoms with Crippen molar-refractivity contribution in [3.63, 3.8) is 0 Å². The molecule has 3 aromatic rings. The summed E-state index contributed by atoms with van der Waals surface area (Å²) >= 11 is 0. The molecule has 0 spiro atoms. The largest absolute Gasteiger partial charge is 0.394 e. The number of hydrogen-bond acceptors (Lipinski definition) is 4. The molecule has 0 radical (unpaired) electrons. The quantitative estimate of drug-likeness (QED) is 0.776. The van der Waals surface area contributed by atoms with Gasteiger partial charge in [0.15, 0.2) is 0 Å². The Kier molecular flexibility index (Phi) is 3.59. The predicted octanol–water partition coefficient (Wildman–Crippen LogP) is 1.97. The summed E-state index contributed by atoms with van der Waals surface area (Å²) in [4.78, 5) is 8.78. The summed E-state index contributed by atoms with van der Waals surface area (Å²) in [6.45, 7) is 3.93. The molecule has 1 unspecified atom stereocenters. The number of fused-ring (bicyclic) bond motifs is 3. The molecule has 0 saturated heterocycles. The van der Waals surface area contributed by atoms with Gasteiger partial charge in [-0.2, -0.15) is 0 Å². The molecule has 0 aromatic carbocycles. The SMILES string of the molecule is Cc1cnc2c(c1)c1c(n2C(CO)c2ccncc2)CCNC1. The molecule has 4 rings (SSSR count). The van der Waals surface area contributed by atoms with Gasteiger partial charge in [0.2, 0.25) is 0 Å². The second-order valence-corrected chi connectivity index (χ2v) is 6.08. The number of nitrogens with one attached hydrogen (secondary N) is 1. The van der Waals surface area contributed by atoms with Crippen molar-refractivity contribution in [2.24, 2.45) is 0 Å². The van der Waals surface area contributed by atoms with E-state index in [0.29, 0.717) is 0 Å². The maximum absolute atomic E-state index is 10.1. The van der Waals surface area contributed by atoms with Crippen LogP contribution in [-0.4, -0.2) is 32.8 Å². The van der Waals surface area contributed by atoms with Crippen LogP contribution in [0.2, 0.25) is 0 Å². The van der Waals surface area contributed by atoms with E-state index in [0.717, 1.165) is 36.3 Å². The van der Waals surface area contributed by atoms with E-state index in [9.17, 15) is 5.11 Å². The van der Waals surface area contributed by atoms with Crippen molar-refractivity contribution >= 4 is 11.0 Å². The van der Waals surface area contributed by atoms with E-state index in [1.165, 1.54) is 16.6 Å². The average molecular weight is 308 g/mol. The second kappa shape index (κ2) is 5.76. The third kappa shape index (κ3) is 2.33. The molecule has 2 N–H and O–H groups in total. The molecular formula is C18H20N4O. The molecular weight excluding hydrogens is 288 g/mol. The molecule has 118 valence electrons. The molecule has 0 aliphatic carbocycles. The van der Waals surface area contributed by atoms with Gasteiger partial charge in [-0.1, -0.05) is 0 Å². The number of hydrogen-bond donors (Lipinski definition) is 2. The normalized spacial score (nSPS) is 15.6. The zero-order chi connectivity index (χ0) is 15.8. The van der Waals surface area contributed by atoms with Crippen molar-refractivity contribution < 1.29 is 5.11 Å². The van der Waals surface area contributed by atoms with E-state index >= 15 is 0 Å². The van der Waals surface area contributed by atoms with Crippen molar-refractivity contribution in [1.82, 2.24) is 19.9 Å². The number of nitrogens with zero attached hydrogens (tertiary/aromatic N) is 3. The first-order valence-electron chi connectivity index (χ1n) is 7.99. The van der Waals surface area contributed by atoms with Crippen LogP contribution in [-0.2, 0) is 13.0 Å². The standard InChI is InChI=1S/C18H20N4O/c1-12-8-14-15-10-20-7-4-16(15)22(18(14)21-9-12)17(11-23)13-2-5-19-6-3-13/h2-3,5-6,8-9,17,20,23H,4,7,10-11H2,1H3. The number of aryl methyl sites for hydroxylation is 1. The lowest BCUT2D eigenvalue weighted by Gasteiger charge is -2.23. The lowest BCUT2D eigenvalue weighted by atomic mass is 10.1. The molecule has 0 saturated carbocycles. The highest BCUT2D eigenvalue weighted by molar-refractivity contribution is 5.83. The first kappa shape index (κ1) is 14.4. The minimum atomic E-state index is -0.127. The second-order valence-electron chi connectivity index (χ2n) is 6.08. The zero-order valence-corrected chi connectivity index (χ0v) is 13.2. The Morgan fingerprint density at radius 1 is 1.35 bits per heavy atom. The number of pyridine rings is 2. The Morgan fingerprint density at radius 2 is 2.17 bits per heavy atom. The smallest absolute Gasteiger partial charge is 0.141 e. The Morgan fingerprint density at radius 3 is 2.96 bits per heavy atom. The van der Waals surface area contributed by atoms with Gasteiger partial charge in [-0.25, -0.2) is 4.98 Å². The lowest BCUT2D eigenvalue weighted by Crippen LogP contribution is -2.26. The van der Waals surface area contributed by atoms with Gasteiger partial charge in [-0.05, 0) is 41.8 Å². The monoisotopic (exact) mass is 308 g/mol. The summed E-state index contributed by atoms with van der Waals surface area (Å²) in [5, 5.41) is 14.7. The molecule has 23 heavy (non-hydrogen) atoms. The highest BCUT2D eigenvalue weighted by Crippen LogP contribution is 2.33. The average Bonchev–Trinajstić information content (AvgIpc) is 2.91. The molecule has 0 fully saturated rings. The highest BCUT2D eigenvalue weighted by atomic mass is 16.3.